The van der Waals surface area contributed by atoms with Crippen molar-refractivity contribution in [1.82, 2.24) is 10.2 Å². The fraction of sp³-hybridized carbons (Fsp3) is 0.500. The Morgan fingerprint density at radius 1 is 1.58 bits per heavy atom. The lowest BCUT2D eigenvalue weighted by Crippen LogP contribution is -2.44. The quantitative estimate of drug-likeness (QED) is 0.901. The molecule has 1 aliphatic rings. The molecule has 0 aromatic heterocycles. The number of carbonyl (C=O) groups excluding carboxylic acids is 1. The van der Waals surface area contributed by atoms with E-state index in [4.69, 9.17) is 11.6 Å². The van der Waals surface area contributed by atoms with Crippen LogP contribution in [0.25, 0.3) is 0 Å². The van der Waals surface area contributed by atoms with Crippen molar-refractivity contribution in [3.8, 4) is 0 Å². The van der Waals surface area contributed by atoms with Gasteiger partial charge in [0, 0.05) is 16.6 Å². The van der Waals surface area contributed by atoms with Crippen LogP contribution in [0.4, 0.5) is 4.39 Å². The highest BCUT2D eigenvalue weighted by Gasteiger charge is 2.34. The molecule has 3 nitrogen and oxygen atoms in total. The zero-order chi connectivity index (χ0) is 14.0. The SMILES string of the molecule is CNC(C)C(=O)N(Cc1c(F)cccc1Cl)C1CC1. The maximum Gasteiger partial charge on any atom is 0.239 e. The number of nitrogens with zero attached hydrogens (tertiary/aromatic N) is 1. The summed E-state index contributed by atoms with van der Waals surface area (Å²) in [6, 6.07) is 4.54. The molecule has 1 N–H and O–H groups in total. The highest BCUT2D eigenvalue weighted by Crippen LogP contribution is 2.31. The molecule has 2 rings (SSSR count). The summed E-state index contributed by atoms with van der Waals surface area (Å²) in [6.07, 6.45) is 1.96. The molecule has 0 aliphatic heterocycles. The Balaban J connectivity index is 2.20. The second kappa shape index (κ2) is 5.88. The number of halogens is 2. The summed E-state index contributed by atoms with van der Waals surface area (Å²) < 4.78 is 13.8. The maximum absolute atomic E-state index is 13.8. The van der Waals surface area contributed by atoms with Gasteiger partial charge in [-0.2, -0.15) is 0 Å². The van der Waals surface area contributed by atoms with Crippen LogP contribution < -0.4 is 5.32 Å². The van der Waals surface area contributed by atoms with E-state index in [0.29, 0.717) is 10.6 Å². The van der Waals surface area contributed by atoms with Gasteiger partial charge in [0.15, 0.2) is 0 Å². The van der Waals surface area contributed by atoms with E-state index in [1.54, 1.807) is 31.0 Å². The third kappa shape index (κ3) is 3.25. The number of benzene rings is 1. The molecule has 1 amide bonds. The number of likely N-dealkylation sites (N-methyl/N-ethyl adjacent to an activating group) is 1. The molecule has 1 aromatic rings. The summed E-state index contributed by atoms with van der Waals surface area (Å²) in [5.41, 5.74) is 0.396. The van der Waals surface area contributed by atoms with Crippen LogP contribution in [0, 0.1) is 5.82 Å². The van der Waals surface area contributed by atoms with Crippen LogP contribution in [0.15, 0.2) is 18.2 Å². The standard InChI is InChI=1S/C14H18ClFN2O/c1-9(17-2)14(19)18(10-6-7-10)8-11-12(15)4-3-5-13(11)16/h3-5,9-10,17H,6-8H2,1-2H3. The van der Waals surface area contributed by atoms with Gasteiger partial charge in [-0.15, -0.1) is 0 Å². The van der Waals surface area contributed by atoms with Gasteiger partial charge in [-0.3, -0.25) is 4.79 Å². The van der Waals surface area contributed by atoms with Gasteiger partial charge in [-0.05, 0) is 38.9 Å². The number of hydrogen-bond donors (Lipinski definition) is 1. The summed E-state index contributed by atoms with van der Waals surface area (Å²) in [6.45, 7) is 2.04. The van der Waals surface area contributed by atoms with Gasteiger partial charge < -0.3 is 10.2 Å². The van der Waals surface area contributed by atoms with Gasteiger partial charge in [0.25, 0.3) is 0 Å². The highest BCUT2D eigenvalue weighted by molar-refractivity contribution is 6.31. The third-order valence-corrected chi connectivity index (χ3v) is 3.82. The van der Waals surface area contributed by atoms with Gasteiger partial charge in [0.2, 0.25) is 5.91 Å². The minimum atomic E-state index is -0.358. The van der Waals surface area contributed by atoms with Crippen LogP contribution in [0.2, 0.25) is 5.02 Å². The third-order valence-electron chi connectivity index (χ3n) is 3.46. The van der Waals surface area contributed by atoms with Gasteiger partial charge >= 0.3 is 0 Å². The second-order valence-electron chi connectivity index (χ2n) is 4.91. The Bertz CT molecular complexity index is 456. The van der Waals surface area contributed by atoms with Crippen LogP contribution in [0.3, 0.4) is 0 Å². The molecule has 1 aromatic carbocycles. The summed E-state index contributed by atoms with van der Waals surface area (Å²) >= 11 is 6.02. The van der Waals surface area contributed by atoms with E-state index >= 15 is 0 Å². The van der Waals surface area contributed by atoms with E-state index in [2.05, 4.69) is 5.32 Å². The maximum atomic E-state index is 13.8. The predicted octanol–water partition coefficient (Wildman–Crippen LogP) is 2.58. The summed E-state index contributed by atoms with van der Waals surface area (Å²) in [5.74, 6) is -0.368. The first-order valence-electron chi connectivity index (χ1n) is 6.45. The van der Waals surface area contributed by atoms with Gasteiger partial charge in [0.1, 0.15) is 5.82 Å². The summed E-state index contributed by atoms with van der Waals surface area (Å²) in [5, 5.41) is 3.30. The number of rotatable bonds is 5. The Labute approximate surface area is 117 Å². The van der Waals surface area contributed by atoms with E-state index < -0.39 is 0 Å². The zero-order valence-electron chi connectivity index (χ0n) is 11.1. The highest BCUT2D eigenvalue weighted by atomic mass is 35.5. The molecule has 0 bridgehead atoms. The lowest BCUT2D eigenvalue weighted by Gasteiger charge is -2.26. The molecule has 0 saturated heterocycles. The van der Waals surface area contributed by atoms with Crippen molar-refractivity contribution >= 4 is 17.5 Å². The lowest BCUT2D eigenvalue weighted by atomic mass is 10.1. The van der Waals surface area contributed by atoms with Crippen LogP contribution in [-0.4, -0.2) is 29.9 Å². The zero-order valence-corrected chi connectivity index (χ0v) is 11.9. The molecule has 1 saturated carbocycles. The largest absolute Gasteiger partial charge is 0.334 e. The van der Waals surface area contributed by atoms with E-state index in [1.165, 1.54) is 6.07 Å². The van der Waals surface area contributed by atoms with Crippen LogP contribution in [0.5, 0.6) is 0 Å². The lowest BCUT2D eigenvalue weighted by molar-refractivity contribution is -0.134. The van der Waals surface area contributed by atoms with Crippen molar-refractivity contribution in [2.24, 2.45) is 0 Å². The van der Waals surface area contributed by atoms with Crippen LogP contribution in [0.1, 0.15) is 25.3 Å². The van der Waals surface area contributed by atoms with Crippen molar-refractivity contribution in [3.63, 3.8) is 0 Å². The van der Waals surface area contributed by atoms with Crippen molar-refractivity contribution in [2.75, 3.05) is 7.05 Å². The minimum Gasteiger partial charge on any atom is -0.334 e. The summed E-state index contributed by atoms with van der Waals surface area (Å²) in [7, 11) is 1.74. The molecule has 19 heavy (non-hydrogen) atoms. The molecule has 1 unspecified atom stereocenters. The fourth-order valence-electron chi connectivity index (χ4n) is 2.00. The molecular formula is C14H18ClFN2O. The Morgan fingerprint density at radius 3 is 2.79 bits per heavy atom. The van der Waals surface area contributed by atoms with Crippen LogP contribution >= 0.6 is 11.6 Å². The average Bonchev–Trinajstić information content (AvgIpc) is 3.21. The number of amides is 1. The Morgan fingerprint density at radius 2 is 2.26 bits per heavy atom. The number of carbonyl (C=O) groups is 1. The predicted molar refractivity (Wildman–Crippen MR) is 73.5 cm³/mol. The molecular weight excluding hydrogens is 267 g/mol. The molecule has 5 heteroatoms. The smallest absolute Gasteiger partial charge is 0.239 e. The minimum absolute atomic E-state index is 0.00989. The van der Waals surface area contributed by atoms with E-state index in [0.717, 1.165) is 12.8 Å². The monoisotopic (exact) mass is 284 g/mol. The Kier molecular flexibility index (Phi) is 4.42. The molecule has 1 aliphatic carbocycles. The Hall–Kier alpha value is -1.13. The second-order valence-corrected chi connectivity index (χ2v) is 5.32. The first-order chi connectivity index (χ1) is 9.04. The van der Waals surface area contributed by atoms with Gasteiger partial charge in [0.05, 0.1) is 12.6 Å². The average molecular weight is 285 g/mol. The van der Waals surface area contributed by atoms with Crippen molar-refractivity contribution < 1.29 is 9.18 Å². The normalized spacial score (nSPS) is 16.2. The first-order valence-corrected chi connectivity index (χ1v) is 6.83. The van der Waals surface area contributed by atoms with Gasteiger partial charge in [-0.1, -0.05) is 17.7 Å². The van der Waals surface area contributed by atoms with E-state index in [-0.39, 0.29) is 30.4 Å². The fourth-order valence-corrected chi connectivity index (χ4v) is 2.22. The van der Waals surface area contributed by atoms with E-state index in [1.807, 2.05) is 0 Å². The molecule has 1 fully saturated rings. The van der Waals surface area contributed by atoms with Crippen molar-refractivity contribution in [2.45, 2.75) is 38.4 Å². The summed E-state index contributed by atoms with van der Waals surface area (Å²) in [4.78, 5) is 14.0. The topological polar surface area (TPSA) is 32.3 Å². The van der Waals surface area contributed by atoms with Crippen molar-refractivity contribution in [3.05, 3.63) is 34.6 Å². The van der Waals surface area contributed by atoms with Crippen molar-refractivity contribution in [1.29, 1.82) is 0 Å². The molecule has 0 spiro atoms. The molecule has 0 heterocycles. The van der Waals surface area contributed by atoms with Gasteiger partial charge in [-0.25, -0.2) is 4.39 Å². The van der Waals surface area contributed by atoms with E-state index in [9.17, 15) is 9.18 Å². The number of hydrogen-bond acceptors (Lipinski definition) is 2. The molecule has 104 valence electrons. The first kappa shape index (κ1) is 14.3. The number of nitrogens with one attached hydrogen (secondary N) is 1. The molecule has 1 atom stereocenters. The molecule has 0 radical (unpaired) electrons. The van der Waals surface area contributed by atoms with Crippen LogP contribution in [-0.2, 0) is 11.3 Å².